The molecule has 17 heavy (non-hydrogen) atoms. The largest absolute Gasteiger partial charge is 0.369 e. The van der Waals surface area contributed by atoms with Crippen molar-refractivity contribution in [2.24, 2.45) is 11.5 Å². The van der Waals surface area contributed by atoms with Crippen LogP contribution in [0.2, 0.25) is 0 Å². The fourth-order valence-electron chi connectivity index (χ4n) is 1.27. The van der Waals surface area contributed by atoms with Crippen LogP contribution in [0.5, 0.6) is 0 Å². The third-order valence-corrected chi connectivity index (χ3v) is 2.01. The Kier molecular flexibility index (Phi) is 6.50. The first-order valence-electron chi connectivity index (χ1n) is 4.86. The molecule has 1 aromatic carbocycles. The second-order valence-electron chi connectivity index (χ2n) is 3.30. The highest BCUT2D eigenvalue weighted by Gasteiger charge is 2.06. The van der Waals surface area contributed by atoms with Gasteiger partial charge in [-0.25, -0.2) is 0 Å². The maximum Gasteiger partial charge on any atom is 0.207 e. The number of hydrogen-bond acceptors (Lipinski definition) is 2. The van der Waals surface area contributed by atoms with Gasteiger partial charge in [0.05, 0.1) is 0 Å². The Hall–Kier alpha value is -1.95. The van der Waals surface area contributed by atoms with E-state index in [1.807, 2.05) is 30.3 Å². The van der Waals surface area contributed by atoms with E-state index in [1.165, 1.54) is 5.01 Å². The van der Waals surface area contributed by atoms with E-state index in [-0.39, 0.29) is 24.3 Å². The van der Waals surface area contributed by atoms with E-state index in [0.29, 0.717) is 6.54 Å². The number of hydrazine groups is 1. The summed E-state index contributed by atoms with van der Waals surface area (Å²) in [6, 6.07) is 9.83. The van der Waals surface area contributed by atoms with Crippen molar-refractivity contribution in [1.29, 1.82) is 10.8 Å². The molecule has 7 heteroatoms. The number of hydrogen-bond donors (Lipinski definition) is 5. The van der Waals surface area contributed by atoms with Gasteiger partial charge in [0.1, 0.15) is 0 Å². The molecule has 0 saturated heterocycles. The monoisotopic (exact) mass is 256 g/mol. The summed E-state index contributed by atoms with van der Waals surface area (Å²) in [6.07, 6.45) is 0.723. The van der Waals surface area contributed by atoms with Gasteiger partial charge in [-0.05, 0) is 12.0 Å². The Morgan fingerprint density at radius 3 is 2.24 bits per heavy atom. The second-order valence-corrected chi connectivity index (χ2v) is 3.30. The van der Waals surface area contributed by atoms with E-state index in [4.69, 9.17) is 22.3 Å². The molecule has 0 aliphatic heterocycles. The highest BCUT2D eigenvalue weighted by atomic mass is 35.5. The molecule has 0 atom stereocenters. The molecule has 0 aliphatic rings. The molecule has 0 amide bonds. The van der Waals surface area contributed by atoms with Crippen molar-refractivity contribution in [3.05, 3.63) is 35.9 Å². The van der Waals surface area contributed by atoms with Gasteiger partial charge in [0.25, 0.3) is 0 Å². The van der Waals surface area contributed by atoms with Crippen molar-refractivity contribution in [3.63, 3.8) is 0 Å². The van der Waals surface area contributed by atoms with Gasteiger partial charge in [0.2, 0.25) is 11.9 Å². The van der Waals surface area contributed by atoms with Crippen LogP contribution in [0, 0.1) is 10.8 Å². The van der Waals surface area contributed by atoms with Crippen LogP contribution in [0.4, 0.5) is 0 Å². The molecule has 0 unspecified atom stereocenters. The maximum absolute atomic E-state index is 7.30. The lowest BCUT2D eigenvalue weighted by molar-refractivity contribution is 0.370. The summed E-state index contributed by atoms with van der Waals surface area (Å²) in [5.74, 6) is -0.394. The van der Waals surface area contributed by atoms with E-state index < -0.39 is 0 Å². The van der Waals surface area contributed by atoms with Crippen LogP contribution in [0.1, 0.15) is 5.56 Å². The van der Waals surface area contributed by atoms with Crippen LogP contribution in [-0.2, 0) is 6.42 Å². The number of nitrogens with zero attached hydrogens (tertiary/aromatic N) is 1. The molecule has 6 nitrogen and oxygen atoms in total. The summed E-state index contributed by atoms with van der Waals surface area (Å²) in [4.78, 5) is 0. The van der Waals surface area contributed by atoms with E-state index in [0.717, 1.165) is 12.0 Å². The molecule has 1 aromatic rings. The quantitative estimate of drug-likeness (QED) is 0.303. The smallest absolute Gasteiger partial charge is 0.207 e. The van der Waals surface area contributed by atoms with Crippen LogP contribution >= 0.6 is 12.4 Å². The Labute approximate surface area is 106 Å². The molecule has 0 saturated carbocycles. The summed E-state index contributed by atoms with van der Waals surface area (Å²) in [5, 5.41) is 15.7. The predicted octanol–water partition coefficient (Wildman–Crippen LogP) is 0.244. The van der Waals surface area contributed by atoms with Gasteiger partial charge < -0.3 is 11.5 Å². The first kappa shape index (κ1) is 15.0. The lowest BCUT2D eigenvalue weighted by Gasteiger charge is -2.22. The Morgan fingerprint density at radius 1 is 1.18 bits per heavy atom. The van der Waals surface area contributed by atoms with E-state index in [2.05, 4.69) is 5.43 Å². The summed E-state index contributed by atoms with van der Waals surface area (Å²) in [5.41, 5.74) is 14.2. The normalized spacial score (nSPS) is 8.94. The fourth-order valence-corrected chi connectivity index (χ4v) is 1.27. The van der Waals surface area contributed by atoms with E-state index >= 15 is 0 Å². The highest BCUT2D eigenvalue weighted by molar-refractivity contribution is 5.85. The van der Waals surface area contributed by atoms with Crippen molar-refractivity contribution in [1.82, 2.24) is 10.4 Å². The van der Waals surface area contributed by atoms with Crippen LogP contribution in [0.25, 0.3) is 0 Å². The molecule has 94 valence electrons. The van der Waals surface area contributed by atoms with Gasteiger partial charge >= 0.3 is 0 Å². The minimum Gasteiger partial charge on any atom is -0.369 e. The van der Waals surface area contributed by atoms with E-state index in [1.54, 1.807) is 0 Å². The van der Waals surface area contributed by atoms with Crippen molar-refractivity contribution in [2.45, 2.75) is 6.42 Å². The molecular formula is C10H17ClN6. The first-order valence-corrected chi connectivity index (χ1v) is 4.86. The number of nitrogens with one attached hydrogen (secondary N) is 3. The number of rotatable bonds is 3. The summed E-state index contributed by atoms with van der Waals surface area (Å²) in [6.45, 7) is 0.485. The maximum atomic E-state index is 7.30. The molecule has 0 bridgehead atoms. The zero-order valence-electron chi connectivity index (χ0n) is 9.31. The molecule has 7 N–H and O–H groups in total. The number of nitrogens with two attached hydrogens (primary N) is 2. The minimum absolute atomic E-state index is 0. The Bertz CT molecular complexity index is 366. The fraction of sp³-hybridized carbons (Fsp3) is 0.200. The van der Waals surface area contributed by atoms with Crippen LogP contribution in [0.3, 0.4) is 0 Å². The van der Waals surface area contributed by atoms with Gasteiger partial charge in [0, 0.05) is 6.54 Å². The molecule has 0 aliphatic carbocycles. The topological polar surface area (TPSA) is 115 Å². The molecular weight excluding hydrogens is 240 g/mol. The zero-order chi connectivity index (χ0) is 12.0. The van der Waals surface area contributed by atoms with Crippen molar-refractivity contribution >= 4 is 24.3 Å². The van der Waals surface area contributed by atoms with Crippen LogP contribution in [0.15, 0.2) is 30.3 Å². The predicted molar refractivity (Wildman–Crippen MR) is 71.1 cm³/mol. The molecule has 1 rings (SSSR count). The average molecular weight is 257 g/mol. The molecule has 0 spiro atoms. The van der Waals surface area contributed by atoms with Gasteiger partial charge in [0.15, 0.2) is 0 Å². The third-order valence-electron chi connectivity index (χ3n) is 2.01. The van der Waals surface area contributed by atoms with Gasteiger partial charge in [-0.1, -0.05) is 30.3 Å². The van der Waals surface area contributed by atoms with Gasteiger partial charge in [-0.2, -0.15) is 0 Å². The highest BCUT2D eigenvalue weighted by Crippen LogP contribution is 2.00. The van der Waals surface area contributed by atoms with Crippen LogP contribution < -0.4 is 16.9 Å². The third kappa shape index (κ3) is 5.62. The summed E-state index contributed by atoms with van der Waals surface area (Å²) in [7, 11) is 0. The minimum atomic E-state index is -0.233. The summed E-state index contributed by atoms with van der Waals surface area (Å²) < 4.78 is 0. The zero-order valence-corrected chi connectivity index (χ0v) is 10.1. The van der Waals surface area contributed by atoms with Gasteiger partial charge in [-0.3, -0.25) is 21.3 Å². The Balaban J connectivity index is 0.00000256. The number of benzene rings is 1. The summed E-state index contributed by atoms with van der Waals surface area (Å²) >= 11 is 0. The molecule has 0 aromatic heterocycles. The Morgan fingerprint density at radius 2 is 1.76 bits per heavy atom. The molecule has 0 fully saturated rings. The number of guanidine groups is 2. The molecule has 0 radical (unpaired) electrons. The van der Waals surface area contributed by atoms with Crippen molar-refractivity contribution in [3.8, 4) is 0 Å². The van der Waals surface area contributed by atoms with Crippen molar-refractivity contribution < 1.29 is 0 Å². The van der Waals surface area contributed by atoms with Crippen molar-refractivity contribution in [2.75, 3.05) is 6.54 Å². The first-order chi connectivity index (χ1) is 7.59. The standard InChI is InChI=1S/C10H16N6.ClH/c11-9(12)15-16(10(13)14)7-6-8-4-2-1-3-5-8;/h1-5H,6-7H2,(H3,13,14)(H4,11,12,15);1H. The molecule has 0 heterocycles. The second kappa shape index (κ2) is 7.34. The lowest BCUT2D eigenvalue weighted by atomic mass is 10.1. The average Bonchev–Trinajstić information content (AvgIpc) is 2.25. The van der Waals surface area contributed by atoms with E-state index in [9.17, 15) is 0 Å². The van der Waals surface area contributed by atoms with Gasteiger partial charge in [-0.15, -0.1) is 12.4 Å². The number of halogens is 1. The van der Waals surface area contributed by atoms with Crippen LogP contribution in [-0.4, -0.2) is 23.5 Å². The SMILES string of the molecule is Cl.N=C(N)NN(CCc1ccccc1)C(=N)N. The lowest BCUT2D eigenvalue weighted by Crippen LogP contribution is -2.52.